The average Bonchev–Trinajstić information content (AvgIpc) is 3.02. The number of hydrogen-bond acceptors (Lipinski definition) is 4. The van der Waals surface area contributed by atoms with Crippen LogP contribution in [0, 0.1) is 0 Å². The number of anilines is 2. The van der Waals surface area contributed by atoms with Crippen LogP contribution in [0.25, 0.3) is 11.4 Å². The van der Waals surface area contributed by atoms with E-state index in [1.54, 1.807) is 48.1 Å². The highest BCUT2D eigenvalue weighted by molar-refractivity contribution is 6.30. The third-order valence-corrected chi connectivity index (χ3v) is 3.97. The summed E-state index contributed by atoms with van der Waals surface area (Å²) in [6, 6.07) is 13.1. The summed E-state index contributed by atoms with van der Waals surface area (Å²) >= 11 is 5.86. The summed E-state index contributed by atoms with van der Waals surface area (Å²) in [7, 11) is 1.72. The van der Waals surface area contributed by atoms with Gasteiger partial charge < -0.3 is 10.6 Å². The second-order valence-corrected chi connectivity index (χ2v) is 6.33. The van der Waals surface area contributed by atoms with Crippen LogP contribution in [-0.4, -0.2) is 33.4 Å². The normalized spacial score (nSPS) is 11.3. The van der Waals surface area contributed by atoms with E-state index in [2.05, 4.69) is 15.4 Å². The average molecular weight is 410 g/mol. The Labute approximate surface area is 163 Å². The van der Waals surface area contributed by atoms with Gasteiger partial charge in [-0.2, -0.15) is 18.2 Å². The molecule has 0 saturated heterocycles. The first-order valence-electron chi connectivity index (χ1n) is 8.10. The standard InChI is InChI=1S/C18H15ClF3N5O/c1-27-17(24-14-8-6-13(19)7-9-14)25-15(26-27)11-2-4-12(5-3-11)16(28)23-10-18(20,21)22/h2-9H,10H2,1H3,(H,23,28)(H,24,25,26). The Morgan fingerprint density at radius 1 is 1.11 bits per heavy atom. The lowest BCUT2D eigenvalue weighted by Crippen LogP contribution is -2.33. The lowest BCUT2D eigenvalue weighted by atomic mass is 10.1. The van der Waals surface area contributed by atoms with Crippen LogP contribution in [0.15, 0.2) is 48.5 Å². The van der Waals surface area contributed by atoms with Crippen molar-refractivity contribution in [3.8, 4) is 11.4 Å². The number of halogens is 4. The van der Waals surface area contributed by atoms with Crippen molar-refractivity contribution in [3.63, 3.8) is 0 Å². The Balaban J connectivity index is 1.72. The first kappa shape index (κ1) is 19.7. The maximum Gasteiger partial charge on any atom is 0.405 e. The van der Waals surface area contributed by atoms with Crippen LogP contribution in [0.3, 0.4) is 0 Å². The Hall–Kier alpha value is -3.07. The fourth-order valence-electron chi connectivity index (χ4n) is 2.33. The van der Waals surface area contributed by atoms with Crippen LogP contribution in [0.1, 0.15) is 10.4 Å². The summed E-state index contributed by atoms with van der Waals surface area (Å²) in [6.07, 6.45) is -4.46. The van der Waals surface area contributed by atoms with Gasteiger partial charge in [-0.25, -0.2) is 4.68 Å². The third-order valence-electron chi connectivity index (χ3n) is 3.72. The zero-order valence-corrected chi connectivity index (χ0v) is 15.3. The van der Waals surface area contributed by atoms with Crippen molar-refractivity contribution in [2.24, 2.45) is 7.05 Å². The van der Waals surface area contributed by atoms with E-state index in [1.807, 2.05) is 5.32 Å². The molecule has 0 aliphatic heterocycles. The molecule has 0 atom stereocenters. The number of nitrogens with one attached hydrogen (secondary N) is 2. The fourth-order valence-corrected chi connectivity index (χ4v) is 2.46. The first-order chi connectivity index (χ1) is 13.2. The van der Waals surface area contributed by atoms with Crippen molar-refractivity contribution < 1.29 is 18.0 Å². The molecule has 6 nitrogen and oxygen atoms in total. The largest absolute Gasteiger partial charge is 0.405 e. The van der Waals surface area contributed by atoms with Crippen LogP contribution < -0.4 is 10.6 Å². The number of nitrogens with zero attached hydrogens (tertiary/aromatic N) is 3. The van der Waals surface area contributed by atoms with Gasteiger partial charge in [0, 0.05) is 28.9 Å². The first-order valence-corrected chi connectivity index (χ1v) is 8.48. The molecule has 0 aliphatic carbocycles. The van der Waals surface area contributed by atoms with Crippen LogP contribution in [0.5, 0.6) is 0 Å². The summed E-state index contributed by atoms with van der Waals surface area (Å²) in [5.74, 6) is 0.0912. The van der Waals surface area contributed by atoms with Gasteiger partial charge >= 0.3 is 6.18 Å². The number of carbonyl (C=O) groups excluding carboxylic acids is 1. The molecule has 1 aromatic heterocycles. The highest BCUT2D eigenvalue weighted by atomic mass is 35.5. The van der Waals surface area contributed by atoms with E-state index in [4.69, 9.17) is 11.6 Å². The number of carbonyl (C=O) groups is 1. The van der Waals surface area contributed by atoms with Crippen LogP contribution in [0.2, 0.25) is 5.02 Å². The molecule has 3 aromatic rings. The molecule has 3 rings (SSSR count). The zero-order valence-electron chi connectivity index (χ0n) is 14.6. The van der Waals surface area contributed by atoms with E-state index in [-0.39, 0.29) is 5.56 Å². The van der Waals surface area contributed by atoms with Crippen LogP contribution in [-0.2, 0) is 7.05 Å². The summed E-state index contributed by atoms with van der Waals surface area (Å²) < 4.78 is 38.1. The smallest absolute Gasteiger partial charge is 0.343 e. The Morgan fingerprint density at radius 3 is 2.36 bits per heavy atom. The van der Waals surface area contributed by atoms with Crippen LogP contribution in [0.4, 0.5) is 24.8 Å². The molecule has 2 aromatic carbocycles. The van der Waals surface area contributed by atoms with Gasteiger partial charge in [0.25, 0.3) is 5.91 Å². The fraction of sp³-hybridized carbons (Fsp3) is 0.167. The highest BCUT2D eigenvalue weighted by Gasteiger charge is 2.27. The molecule has 0 fully saturated rings. The van der Waals surface area contributed by atoms with Crippen molar-refractivity contribution in [2.75, 3.05) is 11.9 Å². The SMILES string of the molecule is Cn1nc(-c2ccc(C(=O)NCC(F)(F)F)cc2)nc1Nc1ccc(Cl)cc1. The maximum absolute atomic E-state index is 12.2. The summed E-state index contributed by atoms with van der Waals surface area (Å²) in [6.45, 7) is -1.38. The van der Waals surface area contributed by atoms with Crippen molar-refractivity contribution in [1.29, 1.82) is 0 Å². The Kier molecular flexibility index (Phi) is 5.55. The predicted molar refractivity (Wildman–Crippen MR) is 99.6 cm³/mol. The quantitative estimate of drug-likeness (QED) is 0.663. The van der Waals surface area contributed by atoms with Gasteiger partial charge in [-0.05, 0) is 36.4 Å². The molecule has 1 heterocycles. The molecule has 1 amide bonds. The second kappa shape index (κ2) is 7.89. The number of hydrogen-bond donors (Lipinski definition) is 2. The minimum Gasteiger partial charge on any atom is -0.343 e. The molecule has 2 N–H and O–H groups in total. The van der Waals surface area contributed by atoms with E-state index in [9.17, 15) is 18.0 Å². The van der Waals surface area contributed by atoms with E-state index < -0.39 is 18.6 Å². The van der Waals surface area contributed by atoms with Crippen molar-refractivity contribution in [1.82, 2.24) is 20.1 Å². The minimum absolute atomic E-state index is 0.114. The van der Waals surface area contributed by atoms with E-state index in [0.717, 1.165) is 5.69 Å². The molecule has 10 heteroatoms. The molecular weight excluding hydrogens is 395 g/mol. The monoisotopic (exact) mass is 409 g/mol. The molecule has 0 bridgehead atoms. The second-order valence-electron chi connectivity index (χ2n) is 5.89. The van der Waals surface area contributed by atoms with Gasteiger partial charge in [-0.3, -0.25) is 4.79 Å². The molecule has 146 valence electrons. The van der Waals surface area contributed by atoms with Crippen molar-refractivity contribution >= 4 is 29.1 Å². The van der Waals surface area contributed by atoms with Gasteiger partial charge in [0.15, 0.2) is 5.82 Å². The molecule has 0 radical (unpaired) electrons. The Bertz CT molecular complexity index is 968. The van der Waals surface area contributed by atoms with Crippen LogP contribution >= 0.6 is 11.6 Å². The maximum atomic E-state index is 12.2. The molecule has 0 unspecified atom stereocenters. The summed E-state index contributed by atoms with van der Waals surface area (Å²) in [5.41, 5.74) is 1.51. The van der Waals surface area contributed by atoms with Gasteiger partial charge in [-0.1, -0.05) is 23.7 Å². The third kappa shape index (κ3) is 5.01. The zero-order chi connectivity index (χ0) is 20.3. The molecule has 0 aliphatic rings. The van der Waals surface area contributed by atoms with Crippen molar-refractivity contribution in [2.45, 2.75) is 6.18 Å². The summed E-state index contributed by atoms with van der Waals surface area (Å²) in [5, 5.41) is 9.85. The van der Waals surface area contributed by atoms with Gasteiger partial charge in [-0.15, -0.1) is 5.10 Å². The number of rotatable bonds is 5. The van der Waals surface area contributed by atoms with E-state index in [0.29, 0.717) is 22.4 Å². The number of aromatic nitrogens is 3. The van der Waals surface area contributed by atoms with E-state index >= 15 is 0 Å². The number of alkyl halides is 3. The molecule has 0 saturated carbocycles. The van der Waals surface area contributed by atoms with Crippen molar-refractivity contribution in [3.05, 3.63) is 59.1 Å². The molecular formula is C18H15ClF3N5O. The highest BCUT2D eigenvalue weighted by Crippen LogP contribution is 2.22. The Morgan fingerprint density at radius 2 is 1.75 bits per heavy atom. The number of benzene rings is 2. The minimum atomic E-state index is -4.46. The molecule has 0 spiro atoms. The molecule has 28 heavy (non-hydrogen) atoms. The number of amides is 1. The lowest BCUT2D eigenvalue weighted by molar-refractivity contribution is -0.123. The van der Waals surface area contributed by atoms with Gasteiger partial charge in [0.1, 0.15) is 6.54 Å². The topological polar surface area (TPSA) is 71.8 Å². The van der Waals surface area contributed by atoms with E-state index in [1.165, 1.54) is 12.1 Å². The number of aryl methyl sites for hydroxylation is 1. The summed E-state index contributed by atoms with van der Waals surface area (Å²) in [4.78, 5) is 16.2. The van der Waals surface area contributed by atoms with Gasteiger partial charge in [0.2, 0.25) is 5.95 Å². The van der Waals surface area contributed by atoms with Gasteiger partial charge in [0.05, 0.1) is 0 Å². The lowest BCUT2D eigenvalue weighted by Gasteiger charge is -2.08. The predicted octanol–water partition coefficient (Wildman–Crippen LogP) is 4.17.